The van der Waals surface area contributed by atoms with Gasteiger partial charge in [-0.05, 0) is 18.9 Å². The molecular formula is C25H29ClF3N5O3. The van der Waals surface area contributed by atoms with Crippen LogP contribution in [0, 0.1) is 0 Å². The Morgan fingerprint density at radius 3 is 2.30 bits per heavy atom. The summed E-state index contributed by atoms with van der Waals surface area (Å²) in [7, 11) is 3.27. The summed E-state index contributed by atoms with van der Waals surface area (Å²) in [6.07, 6.45) is -2.69. The summed E-state index contributed by atoms with van der Waals surface area (Å²) in [6, 6.07) is 8.31. The molecule has 1 atom stereocenters. The zero-order valence-electron chi connectivity index (χ0n) is 20.5. The molecule has 2 saturated heterocycles. The third-order valence-corrected chi connectivity index (χ3v) is 7.24. The number of halogens is 4. The number of anilines is 1. The number of likely N-dealkylation sites (tertiary alicyclic amines) is 2. The quantitative estimate of drug-likeness (QED) is 0.587. The topological polar surface area (TPSA) is 89.0 Å². The van der Waals surface area contributed by atoms with Crippen LogP contribution in [0.4, 0.5) is 19.0 Å². The van der Waals surface area contributed by atoms with Gasteiger partial charge < -0.3 is 20.2 Å². The van der Waals surface area contributed by atoms with Gasteiger partial charge in [0.05, 0.1) is 16.6 Å². The monoisotopic (exact) mass is 539 g/mol. The largest absolute Gasteiger partial charge is 0.430 e. The van der Waals surface area contributed by atoms with Crippen molar-refractivity contribution in [1.29, 1.82) is 0 Å². The third kappa shape index (κ3) is 5.39. The minimum absolute atomic E-state index is 0.104. The van der Waals surface area contributed by atoms with Gasteiger partial charge in [-0.3, -0.25) is 14.5 Å². The second-order valence-corrected chi connectivity index (χ2v) is 10.0. The van der Waals surface area contributed by atoms with E-state index in [2.05, 4.69) is 15.2 Å². The normalized spacial score (nSPS) is 19.2. The molecule has 12 heteroatoms. The van der Waals surface area contributed by atoms with Crippen molar-refractivity contribution in [2.24, 2.45) is 0 Å². The molecule has 2 N–H and O–H groups in total. The zero-order chi connectivity index (χ0) is 27.0. The number of carbonyl (C=O) groups excluding carboxylic acids is 2. The second-order valence-electron chi connectivity index (χ2n) is 9.64. The van der Waals surface area contributed by atoms with Gasteiger partial charge in [0.25, 0.3) is 17.4 Å². The van der Waals surface area contributed by atoms with Crippen molar-refractivity contribution >= 4 is 29.2 Å². The van der Waals surface area contributed by atoms with Crippen LogP contribution in [0.2, 0.25) is 5.02 Å². The van der Waals surface area contributed by atoms with E-state index >= 15 is 0 Å². The van der Waals surface area contributed by atoms with E-state index in [0.717, 1.165) is 17.0 Å². The lowest BCUT2D eigenvalue weighted by atomic mass is 9.89. The first kappa shape index (κ1) is 27.2. The number of piperidine rings is 1. The van der Waals surface area contributed by atoms with Gasteiger partial charge in [0.15, 0.2) is 0 Å². The number of nitrogens with one attached hydrogen (secondary N) is 1. The molecule has 0 spiro atoms. The molecule has 200 valence electrons. The fraction of sp³-hybridized carbons (Fsp3) is 0.480. The number of pyridine rings is 1. The number of carbonyl (C=O) groups is 2. The van der Waals surface area contributed by atoms with Crippen molar-refractivity contribution in [1.82, 2.24) is 19.7 Å². The van der Waals surface area contributed by atoms with Gasteiger partial charge in [-0.25, -0.2) is 4.98 Å². The number of alkyl halides is 3. The molecule has 37 heavy (non-hydrogen) atoms. The minimum Gasteiger partial charge on any atom is -0.369 e. The van der Waals surface area contributed by atoms with E-state index in [4.69, 9.17) is 11.6 Å². The fourth-order valence-corrected chi connectivity index (χ4v) is 5.00. The summed E-state index contributed by atoms with van der Waals surface area (Å²) in [5, 5.41) is 14.2. The fourth-order valence-electron chi connectivity index (χ4n) is 4.77. The van der Waals surface area contributed by atoms with Crippen LogP contribution in [0.25, 0.3) is 0 Å². The minimum atomic E-state index is -5.15. The molecule has 1 aromatic carbocycles. The highest BCUT2D eigenvalue weighted by Crippen LogP contribution is 2.41. The highest BCUT2D eigenvalue weighted by Gasteiger charge is 2.62. The number of aromatic nitrogens is 1. The number of benzene rings is 1. The molecule has 2 aliphatic heterocycles. The van der Waals surface area contributed by atoms with Crippen molar-refractivity contribution in [3.05, 3.63) is 58.7 Å². The summed E-state index contributed by atoms with van der Waals surface area (Å²) in [5.41, 5.74) is -3.74. The highest BCUT2D eigenvalue weighted by atomic mass is 35.5. The van der Waals surface area contributed by atoms with Crippen molar-refractivity contribution < 1.29 is 27.9 Å². The third-order valence-electron chi connectivity index (χ3n) is 6.93. The molecule has 4 rings (SSSR count). The number of aliphatic hydroxyl groups is 1. The molecule has 2 aliphatic rings. The first-order valence-electron chi connectivity index (χ1n) is 11.9. The zero-order valence-corrected chi connectivity index (χ0v) is 21.3. The first-order chi connectivity index (χ1) is 17.4. The van der Waals surface area contributed by atoms with E-state index in [1.54, 1.807) is 20.2 Å². The lowest BCUT2D eigenvalue weighted by Gasteiger charge is -2.48. The van der Waals surface area contributed by atoms with Crippen LogP contribution in [-0.4, -0.2) is 95.1 Å². The van der Waals surface area contributed by atoms with Gasteiger partial charge in [-0.1, -0.05) is 41.9 Å². The molecular weight excluding hydrogens is 511 g/mol. The van der Waals surface area contributed by atoms with Crippen LogP contribution in [0.5, 0.6) is 0 Å². The molecule has 8 nitrogen and oxygen atoms in total. The Kier molecular flexibility index (Phi) is 7.68. The first-order valence-corrected chi connectivity index (χ1v) is 12.3. The maximum Gasteiger partial charge on any atom is 0.430 e. The Labute approximate surface area is 218 Å². The van der Waals surface area contributed by atoms with Gasteiger partial charge in [0.2, 0.25) is 0 Å². The van der Waals surface area contributed by atoms with Crippen LogP contribution < -0.4 is 5.32 Å². The molecule has 1 unspecified atom stereocenters. The van der Waals surface area contributed by atoms with E-state index in [1.165, 1.54) is 29.3 Å². The van der Waals surface area contributed by atoms with E-state index in [1.807, 2.05) is 0 Å². The number of rotatable bonds is 6. The van der Waals surface area contributed by atoms with E-state index < -0.39 is 23.2 Å². The van der Waals surface area contributed by atoms with Crippen LogP contribution in [-0.2, 0) is 10.4 Å². The molecule has 2 amide bonds. The molecule has 2 aromatic rings. The van der Waals surface area contributed by atoms with Gasteiger partial charge in [-0.15, -0.1) is 0 Å². The lowest BCUT2D eigenvalue weighted by molar-refractivity contribution is -0.262. The van der Waals surface area contributed by atoms with Crippen LogP contribution in [0.15, 0.2) is 42.6 Å². The summed E-state index contributed by atoms with van der Waals surface area (Å²) >= 11 is 6.24. The van der Waals surface area contributed by atoms with E-state index in [9.17, 15) is 27.9 Å². The molecule has 0 saturated carbocycles. The maximum atomic E-state index is 13.9. The van der Waals surface area contributed by atoms with Gasteiger partial charge in [-0.2, -0.15) is 13.2 Å². The Morgan fingerprint density at radius 2 is 1.76 bits per heavy atom. The van der Waals surface area contributed by atoms with E-state index in [-0.39, 0.29) is 31.1 Å². The van der Waals surface area contributed by atoms with Gasteiger partial charge in [0.1, 0.15) is 5.82 Å². The van der Waals surface area contributed by atoms with Crippen molar-refractivity contribution in [3.63, 3.8) is 0 Å². The molecule has 2 fully saturated rings. The van der Waals surface area contributed by atoms with Crippen LogP contribution in [0.1, 0.15) is 28.8 Å². The maximum absolute atomic E-state index is 13.9. The van der Waals surface area contributed by atoms with Crippen LogP contribution >= 0.6 is 11.6 Å². The highest BCUT2D eigenvalue weighted by molar-refractivity contribution is 6.34. The van der Waals surface area contributed by atoms with Crippen molar-refractivity contribution in [2.75, 3.05) is 45.6 Å². The SMILES string of the molecule is CN(C)C(=O)c1cnc(NC2CN(C3CCN(C(=O)C(O)(c4ccccc4)C(F)(F)F)CC3)C2)cc1Cl. The van der Waals surface area contributed by atoms with Gasteiger partial charge in [0, 0.05) is 58.1 Å². The predicted octanol–water partition coefficient (Wildman–Crippen LogP) is 2.97. The van der Waals surface area contributed by atoms with E-state index in [0.29, 0.717) is 42.3 Å². The molecule has 3 heterocycles. The Morgan fingerprint density at radius 1 is 1.14 bits per heavy atom. The molecule has 0 radical (unpaired) electrons. The number of nitrogens with zero attached hydrogens (tertiary/aromatic N) is 4. The smallest absolute Gasteiger partial charge is 0.369 e. The number of amides is 2. The number of hydrogen-bond donors (Lipinski definition) is 2. The summed E-state index contributed by atoms with van der Waals surface area (Å²) in [5.74, 6) is -1.02. The second kappa shape index (κ2) is 10.5. The Hall–Kier alpha value is -2.89. The Bertz CT molecular complexity index is 1140. The van der Waals surface area contributed by atoms with Crippen molar-refractivity contribution in [2.45, 2.75) is 36.7 Å². The summed E-state index contributed by atoms with van der Waals surface area (Å²) in [4.78, 5) is 34.0. The molecule has 0 aliphatic carbocycles. The number of hydrogen-bond acceptors (Lipinski definition) is 6. The van der Waals surface area contributed by atoms with Crippen molar-refractivity contribution in [3.8, 4) is 0 Å². The predicted molar refractivity (Wildman–Crippen MR) is 132 cm³/mol. The lowest BCUT2D eigenvalue weighted by Crippen LogP contribution is -2.62. The molecule has 0 bridgehead atoms. The average Bonchev–Trinajstić information content (AvgIpc) is 2.84. The van der Waals surface area contributed by atoms with Gasteiger partial charge >= 0.3 is 6.18 Å². The molecule has 1 aromatic heterocycles. The standard InChI is InChI=1S/C25H29ClF3N5O3/c1-32(2)22(35)19-13-30-21(12-20(19)26)31-17-14-34(15-17)18-8-10-33(11-9-18)23(36)24(37,25(27,28)29)16-6-4-3-5-7-16/h3-7,12-13,17-18,37H,8-11,14-15H2,1-2H3,(H,30,31). The average molecular weight is 540 g/mol. The Balaban J connectivity index is 1.30. The van der Waals surface area contributed by atoms with Crippen LogP contribution in [0.3, 0.4) is 0 Å². The summed E-state index contributed by atoms with van der Waals surface area (Å²) < 4.78 is 41.6. The summed E-state index contributed by atoms with van der Waals surface area (Å²) in [6.45, 7) is 1.66.